The average Bonchev–Trinajstić information content (AvgIpc) is 3.01. The molecule has 0 saturated carbocycles. The van der Waals surface area contributed by atoms with Gasteiger partial charge in [-0.1, -0.05) is 70.5 Å². The SMILES string of the molecule is O=C1C(=Cc2ccc(Br)cc2)C=C(c2ccccc2)N1c1ccccc1Br. The molecule has 0 N–H and O–H groups in total. The third-order valence-electron chi connectivity index (χ3n) is 4.34. The topological polar surface area (TPSA) is 20.3 Å². The monoisotopic (exact) mass is 479 g/mol. The molecule has 0 atom stereocenters. The van der Waals surface area contributed by atoms with Gasteiger partial charge in [0.1, 0.15) is 0 Å². The van der Waals surface area contributed by atoms with Crippen molar-refractivity contribution in [3.63, 3.8) is 0 Å². The Bertz CT molecular complexity index is 1050. The van der Waals surface area contributed by atoms with Gasteiger partial charge in [0.15, 0.2) is 0 Å². The van der Waals surface area contributed by atoms with Gasteiger partial charge in [0, 0.05) is 14.5 Å². The van der Waals surface area contributed by atoms with Gasteiger partial charge in [0.05, 0.1) is 11.4 Å². The number of carbonyl (C=O) groups is 1. The van der Waals surface area contributed by atoms with Gasteiger partial charge >= 0.3 is 0 Å². The molecule has 0 saturated heterocycles. The zero-order chi connectivity index (χ0) is 18.8. The van der Waals surface area contributed by atoms with Crippen LogP contribution in [0.2, 0.25) is 0 Å². The molecule has 0 radical (unpaired) electrons. The molecule has 0 aromatic heterocycles. The number of rotatable bonds is 3. The van der Waals surface area contributed by atoms with Gasteiger partial charge in [-0.25, -0.2) is 0 Å². The highest BCUT2D eigenvalue weighted by molar-refractivity contribution is 9.10. The second kappa shape index (κ2) is 7.67. The Hall–Kier alpha value is -2.43. The van der Waals surface area contributed by atoms with E-state index in [1.807, 2.05) is 91.0 Å². The lowest BCUT2D eigenvalue weighted by atomic mass is 10.1. The number of hydrogen-bond donors (Lipinski definition) is 0. The van der Waals surface area contributed by atoms with Crippen LogP contribution in [0.4, 0.5) is 5.69 Å². The smallest absolute Gasteiger partial charge is 0.262 e. The molecule has 4 heteroatoms. The summed E-state index contributed by atoms with van der Waals surface area (Å²) in [5, 5.41) is 0. The van der Waals surface area contributed by atoms with Crippen molar-refractivity contribution in [3.8, 4) is 0 Å². The minimum Gasteiger partial charge on any atom is -0.275 e. The molecular formula is C23H15Br2NO. The van der Waals surface area contributed by atoms with Crippen molar-refractivity contribution in [2.24, 2.45) is 0 Å². The Morgan fingerprint density at radius 1 is 0.778 bits per heavy atom. The van der Waals surface area contributed by atoms with E-state index >= 15 is 0 Å². The normalized spacial score (nSPS) is 15.3. The summed E-state index contributed by atoms with van der Waals surface area (Å²) in [5.74, 6) is -0.0383. The van der Waals surface area contributed by atoms with Crippen molar-refractivity contribution in [2.75, 3.05) is 4.90 Å². The average molecular weight is 481 g/mol. The molecule has 1 amide bonds. The summed E-state index contributed by atoms with van der Waals surface area (Å²) in [5.41, 5.74) is 4.35. The fraction of sp³-hybridized carbons (Fsp3) is 0. The van der Waals surface area contributed by atoms with Crippen LogP contribution in [0.1, 0.15) is 11.1 Å². The van der Waals surface area contributed by atoms with Crippen molar-refractivity contribution in [2.45, 2.75) is 0 Å². The molecule has 0 aliphatic carbocycles. The van der Waals surface area contributed by atoms with Gasteiger partial charge in [-0.3, -0.25) is 9.69 Å². The highest BCUT2D eigenvalue weighted by atomic mass is 79.9. The second-order valence-corrected chi connectivity index (χ2v) is 7.91. The highest BCUT2D eigenvalue weighted by Gasteiger charge is 2.31. The molecule has 0 fully saturated rings. The first kappa shape index (κ1) is 18.0. The zero-order valence-electron chi connectivity index (χ0n) is 14.3. The van der Waals surface area contributed by atoms with Gasteiger partial charge in [-0.2, -0.15) is 0 Å². The van der Waals surface area contributed by atoms with E-state index in [0.717, 1.165) is 31.5 Å². The van der Waals surface area contributed by atoms with E-state index in [1.165, 1.54) is 0 Å². The van der Waals surface area contributed by atoms with Crippen LogP contribution in [0.5, 0.6) is 0 Å². The first-order chi connectivity index (χ1) is 13.1. The van der Waals surface area contributed by atoms with Crippen LogP contribution in [0.25, 0.3) is 11.8 Å². The molecule has 0 spiro atoms. The summed E-state index contributed by atoms with van der Waals surface area (Å²) in [7, 11) is 0. The molecular weight excluding hydrogens is 466 g/mol. The maximum absolute atomic E-state index is 13.3. The Morgan fingerprint density at radius 3 is 2.15 bits per heavy atom. The molecule has 1 aliphatic rings. The van der Waals surface area contributed by atoms with Crippen molar-refractivity contribution < 1.29 is 4.79 Å². The first-order valence-electron chi connectivity index (χ1n) is 8.47. The molecule has 0 unspecified atom stereocenters. The number of hydrogen-bond acceptors (Lipinski definition) is 1. The molecule has 27 heavy (non-hydrogen) atoms. The Balaban J connectivity index is 1.84. The van der Waals surface area contributed by atoms with E-state index in [0.29, 0.717) is 5.57 Å². The lowest BCUT2D eigenvalue weighted by Crippen LogP contribution is -2.25. The molecule has 1 aliphatic heterocycles. The van der Waals surface area contributed by atoms with Crippen LogP contribution in [0, 0.1) is 0 Å². The first-order valence-corrected chi connectivity index (χ1v) is 10.1. The third kappa shape index (κ3) is 3.68. The summed E-state index contributed by atoms with van der Waals surface area (Å²) < 4.78 is 1.89. The molecule has 3 aromatic carbocycles. The van der Waals surface area contributed by atoms with Gasteiger partial charge < -0.3 is 0 Å². The standard InChI is InChI=1S/C23H15Br2NO/c24-19-12-10-16(11-13-19)14-18-15-22(17-6-2-1-3-7-17)26(23(18)27)21-9-5-4-8-20(21)25/h1-15H. The van der Waals surface area contributed by atoms with Crippen molar-refractivity contribution in [1.82, 2.24) is 0 Å². The molecule has 0 bridgehead atoms. The number of halogens is 2. The summed E-state index contributed by atoms with van der Waals surface area (Å²) in [6.45, 7) is 0. The van der Waals surface area contributed by atoms with Crippen LogP contribution in [-0.4, -0.2) is 5.91 Å². The molecule has 4 rings (SSSR count). The number of carbonyl (C=O) groups excluding carboxylic acids is 1. The zero-order valence-corrected chi connectivity index (χ0v) is 17.4. The summed E-state index contributed by atoms with van der Waals surface area (Å²) in [6, 6.07) is 25.7. The van der Waals surface area contributed by atoms with Crippen molar-refractivity contribution >= 4 is 55.2 Å². The fourth-order valence-electron chi connectivity index (χ4n) is 3.05. The number of para-hydroxylation sites is 1. The molecule has 1 heterocycles. The van der Waals surface area contributed by atoms with Crippen LogP contribution in [0.3, 0.4) is 0 Å². The quantitative estimate of drug-likeness (QED) is 0.382. The Morgan fingerprint density at radius 2 is 1.44 bits per heavy atom. The number of amides is 1. The minimum absolute atomic E-state index is 0.0383. The van der Waals surface area contributed by atoms with Gasteiger partial charge in [0.2, 0.25) is 0 Å². The van der Waals surface area contributed by atoms with Crippen LogP contribution in [0.15, 0.2) is 99.5 Å². The number of benzene rings is 3. The maximum Gasteiger partial charge on any atom is 0.262 e. The highest BCUT2D eigenvalue weighted by Crippen LogP contribution is 2.38. The molecule has 3 aromatic rings. The maximum atomic E-state index is 13.3. The predicted octanol–water partition coefficient (Wildman–Crippen LogP) is 6.68. The number of nitrogens with zero attached hydrogens (tertiary/aromatic N) is 1. The summed E-state index contributed by atoms with van der Waals surface area (Å²) >= 11 is 7.03. The van der Waals surface area contributed by atoms with Crippen molar-refractivity contribution in [1.29, 1.82) is 0 Å². The lowest BCUT2D eigenvalue weighted by molar-refractivity contribution is -0.113. The fourth-order valence-corrected chi connectivity index (χ4v) is 3.77. The minimum atomic E-state index is -0.0383. The Labute approximate surface area is 175 Å². The predicted molar refractivity (Wildman–Crippen MR) is 118 cm³/mol. The van der Waals surface area contributed by atoms with E-state index in [-0.39, 0.29) is 5.91 Å². The van der Waals surface area contributed by atoms with Gasteiger partial charge in [-0.05, 0) is 63.5 Å². The second-order valence-electron chi connectivity index (χ2n) is 6.14. The third-order valence-corrected chi connectivity index (χ3v) is 5.54. The largest absolute Gasteiger partial charge is 0.275 e. The van der Waals surface area contributed by atoms with Crippen LogP contribution >= 0.6 is 31.9 Å². The summed E-state index contributed by atoms with van der Waals surface area (Å²) in [6.07, 6.45) is 3.88. The Kier molecular flexibility index (Phi) is 5.10. The van der Waals surface area contributed by atoms with E-state index < -0.39 is 0 Å². The van der Waals surface area contributed by atoms with Crippen LogP contribution in [-0.2, 0) is 4.79 Å². The van der Waals surface area contributed by atoms with Crippen LogP contribution < -0.4 is 4.90 Å². The molecule has 132 valence electrons. The van der Waals surface area contributed by atoms with E-state index in [1.54, 1.807) is 4.90 Å². The van der Waals surface area contributed by atoms with Gasteiger partial charge in [0.25, 0.3) is 5.91 Å². The molecule has 2 nitrogen and oxygen atoms in total. The van der Waals surface area contributed by atoms with Gasteiger partial charge in [-0.15, -0.1) is 0 Å². The summed E-state index contributed by atoms with van der Waals surface area (Å²) in [4.78, 5) is 15.1. The van der Waals surface area contributed by atoms with E-state index in [9.17, 15) is 4.79 Å². The van der Waals surface area contributed by atoms with Crippen molar-refractivity contribution in [3.05, 3.63) is 111 Å². The number of anilines is 1. The lowest BCUT2D eigenvalue weighted by Gasteiger charge is -2.22. The van der Waals surface area contributed by atoms with E-state index in [4.69, 9.17) is 0 Å². The van der Waals surface area contributed by atoms with E-state index in [2.05, 4.69) is 31.9 Å².